The van der Waals surface area contributed by atoms with Crippen LogP contribution in [0.4, 0.5) is 11.5 Å². The Morgan fingerprint density at radius 1 is 1.28 bits per heavy atom. The molecule has 0 spiro atoms. The first-order valence-electron chi connectivity index (χ1n) is 5.22. The summed E-state index contributed by atoms with van der Waals surface area (Å²) in [4.78, 5) is 19.9. The molecule has 5 nitrogen and oxygen atoms in total. The van der Waals surface area contributed by atoms with E-state index in [2.05, 4.69) is 15.3 Å². The zero-order valence-electron chi connectivity index (χ0n) is 9.64. The molecule has 1 aromatic carbocycles. The van der Waals surface area contributed by atoms with Crippen molar-refractivity contribution < 1.29 is 4.79 Å². The highest BCUT2D eigenvalue weighted by Crippen LogP contribution is 2.13. The highest BCUT2D eigenvalue weighted by Gasteiger charge is 2.07. The molecular formula is C12H11ClN4O. The summed E-state index contributed by atoms with van der Waals surface area (Å²) in [5, 5.41) is 2.93. The van der Waals surface area contributed by atoms with Crippen molar-refractivity contribution in [1.29, 1.82) is 0 Å². The van der Waals surface area contributed by atoms with Gasteiger partial charge in [0.2, 0.25) is 0 Å². The summed E-state index contributed by atoms with van der Waals surface area (Å²) in [5.41, 5.74) is 6.65. The van der Waals surface area contributed by atoms with E-state index in [1.807, 2.05) is 0 Å². The van der Waals surface area contributed by atoms with Gasteiger partial charge in [0.1, 0.15) is 16.8 Å². The molecule has 92 valence electrons. The Kier molecular flexibility index (Phi) is 3.43. The van der Waals surface area contributed by atoms with Gasteiger partial charge in [0.25, 0.3) is 5.91 Å². The van der Waals surface area contributed by atoms with Crippen molar-refractivity contribution in [3.8, 4) is 0 Å². The minimum Gasteiger partial charge on any atom is -0.399 e. The van der Waals surface area contributed by atoms with Crippen LogP contribution >= 0.6 is 11.6 Å². The Morgan fingerprint density at radius 2 is 1.94 bits per heavy atom. The van der Waals surface area contributed by atoms with E-state index in [1.165, 1.54) is 6.07 Å². The van der Waals surface area contributed by atoms with E-state index >= 15 is 0 Å². The van der Waals surface area contributed by atoms with Crippen molar-refractivity contribution in [3.05, 3.63) is 46.9 Å². The van der Waals surface area contributed by atoms with Crippen LogP contribution < -0.4 is 11.1 Å². The smallest absolute Gasteiger partial charge is 0.256 e. The summed E-state index contributed by atoms with van der Waals surface area (Å²) < 4.78 is 0. The molecule has 6 heteroatoms. The van der Waals surface area contributed by atoms with Crippen LogP contribution in [0.5, 0.6) is 0 Å². The molecule has 0 fully saturated rings. The van der Waals surface area contributed by atoms with Gasteiger partial charge in [0, 0.05) is 17.3 Å². The molecule has 0 unspecified atom stereocenters. The summed E-state index contributed by atoms with van der Waals surface area (Å²) in [5.74, 6) is 0.591. The number of carbonyl (C=O) groups is 1. The molecule has 0 atom stereocenters. The number of hydrogen-bond acceptors (Lipinski definition) is 4. The first-order valence-corrected chi connectivity index (χ1v) is 5.60. The monoisotopic (exact) mass is 262 g/mol. The van der Waals surface area contributed by atoms with Crippen molar-refractivity contribution in [2.75, 3.05) is 11.1 Å². The van der Waals surface area contributed by atoms with Gasteiger partial charge in [-0.15, -0.1) is 0 Å². The average molecular weight is 263 g/mol. The predicted octanol–water partition coefficient (Wildman–Crippen LogP) is 2.27. The van der Waals surface area contributed by atoms with E-state index in [0.29, 0.717) is 22.9 Å². The van der Waals surface area contributed by atoms with E-state index < -0.39 is 0 Å². The van der Waals surface area contributed by atoms with Crippen molar-refractivity contribution in [2.45, 2.75) is 6.92 Å². The Morgan fingerprint density at radius 3 is 2.56 bits per heavy atom. The maximum atomic E-state index is 11.9. The van der Waals surface area contributed by atoms with Crippen LogP contribution in [-0.4, -0.2) is 15.9 Å². The van der Waals surface area contributed by atoms with Crippen molar-refractivity contribution >= 4 is 29.0 Å². The van der Waals surface area contributed by atoms with Gasteiger partial charge in [-0.3, -0.25) is 4.79 Å². The maximum absolute atomic E-state index is 11.9. The van der Waals surface area contributed by atoms with E-state index in [0.717, 1.165) is 0 Å². The maximum Gasteiger partial charge on any atom is 0.256 e. The van der Waals surface area contributed by atoms with Crippen LogP contribution in [0.15, 0.2) is 30.3 Å². The summed E-state index contributed by atoms with van der Waals surface area (Å²) in [6.45, 7) is 1.70. The topological polar surface area (TPSA) is 80.9 Å². The van der Waals surface area contributed by atoms with Crippen LogP contribution in [0, 0.1) is 6.92 Å². The fourth-order valence-corrected chi connectivity index (χ4v) is 1.64. The Bertz CT molecular complexity index is 563. The number of nitrogens with one attached hydrogen (secondary N) is 1. The predicted molar refractivity (Wildman–Crippen MR) is 70.6 cm³/mol. The van der Waals surface area contributed by atoms with Gasteiger partial charge in [-0.25, -0.2) is 9.97 Å². The van der Waals surface area contributed by atoms with Crippen molar-refractivity contribution in [3.63, 3.8) is 0 Å². The molecule has 0 radical (unpaired) electrons. The zero-order chi connectivity index (χ0) is 13.1. The third kappa shape index (κ3) is 2.95. The highest BCUT2D eigenvalue weighted by molar-refractivity contribution is 6.29. The molecule has 0 aliphatic carbocycles. The van der Waals surface area contributed by atoms with E-state index in [9.17, 15) is 4.79 Å². The van der Waals surface area contributed by atoms with Crippen LogP contribution in [0.25, 0.3) is 0 Å². The molecular weight excluding hydrogens is 252 g/mol. The molecule has 1 aromatic heterocycles. The lowest BCUT2D eigenvalue weighted by Crippen LogP contribution is -2.13. The average Bonchev–Trinajstić information content (AvgIpc) is 2.28. The lowest BCUT2D eigenvalue weighted by atomic mass is 10.2. The number of carbonyl (C=O) groups excluding carboxylic acids is 1. The number of rotatable bonds is 2. The lowest BCUT2D eigenvalue weighted by molar-refractivity contribution is 0.102. The molecule has 3 N–H and O–H groups in total. The molecule has 0 bridgehead atoms. The van der Waals surface area contributed by atoms with Crippen molar-refractivity contribution in [2.24, 2.45) is 0 Å². The molecule has 1 heterocycles. The van der Waals surface area contributed by atoms with E-state index in [-0.39, 0.29) is 11.1 Å². The summed E-state index contributed by atoms with van der Waals surface area (Å²) in [6.07, 6.45) is 0. The first-order chi connectivity index (χ1) is 8.54. The number of nitrogens with two attached hydrogens (primary N) is 1. The van der Waals surface area contributed by atoms with Gasteiger partial charge in [-0.1, -0.05) is 11.6 Å². The lowest BCUT2D eigenvalue weighted by Gasteiger charge is -2.05. The molecule has 0 saturated carbocycles. The number of nitrogen functional groups attached to an aromatic ring is 1. The number of aromatic nitrogens is 2. The quantitative estimate of drug-likeness (QED) is 0.643. The Balaban J connectivity index is 2.18. The fourth-order valence-electron chi connectivity index (χ4n) is 1.42. The summed E-state index contributed by atoms with van der Waals surface area (Å²) in [6, 6.07) is 8.09. The second kappa shape index (κ2) is 5.01. The third-order valence-electron chi connectivity index (χ3n) is 2.22. The van der Waals surface area contributed by atoms with E-state index in [4.69, 9.17) is 17.3 Å². The molecule has 18 heavy (non-hydrogen) atoms. The van der Waals surface area contributed by atoms with Crippen LogP contribution in [0.2, 0.25) is 5.15 Å². The van der Waals surface area contributed by atoms with Crippen LogP contribution in [-0.2, 0) is 0 Å². The largest absolute Gasteiger partial charge is 0.399 e. The summed E-state index contributed by atoms with van der Waals surface area (Å²) >= 11 is 5.78. The van der Waals surface area contributed by atoms with Crippen LogP contribution in [0.1, 0.15) is 16.2 Å². The Hall–Kier alpha value is -2.14. The number of hydrogen-bond donors (Lipinski definition) is 2. The van der Waals surface area contributed by atoms with Gasteiger partial charge in [-0.05, 0) is 31.2 Å². The number of anilines is 2. The second-order valence-corrected chi connectivity index (χ2v) is 4.09. The molecule has 0 saturated heterocycles. The minimum atomic E-state index is -0.274. The number of amides is 1. The number of halogens is 1. The number of aryl methyl sites for hydroxylation is 1. The highest BCUT2D eigenvalue weighted by atomic mass is 35.5. The molecule has 1 amide bonds. The molecule has 0 aliphatic heterocycles. The van der Waals surface area contributed by atoms with Gasteiger partial charge in [0.05, 0.1) is 0 Å². The van der Waals surface area contributed by atoms with Crippen LogP contribution in [0.3, 0.4) is 0 Å². The minimum absolute atomic E-state index is 0.274. The third-order valence-corrected chi connectivity index (χ3v) is 2.41. The zero-order valence-corrected chi connectivity index (χ0v) is 10.4. The number of nitrogens with zero attached hydrogens (tertiary/aromatic N) is 2. The van der Waals surface area contributed by atoms with Gasteiger partial charge < -0.3 is 11.1 Å². The fraction of sp³-hybridized carbons (Fsp3) is 0.0833. The summed E-state index contributed by atoms with van der Waals surface area (Å²) in [7, 11) is 0. The molecule has 2 aromatic rings. The second-order valence-electron chi connectivity index (χ2n) is 3.70. The molecule has 2 rings (SSSR count). The van der Waals surface area contributed by atoms with Gasteiger partial charge in [-0.2, -0.15) is 0 Å². The first kappa shape index (κ1) is 12.3. The SMILES string of the molecule is Cc1nc(Cl)cc(NC(=O)c2ccc(N)cc2)n1. The standard InChI is InChI=1S/C12H11ClN4O/c1-7-15-10(13)6-11(16-7)17-12(18)8-2-4-9(14)5-3-8/h2-6H,14H2,1H3,(H,15,16,17,18). The van der Waals surface area contributed by atoms with Crippen molar-refractivity contribution in [1.82, 2.24) is 9.97 Å². The number of benzene rings is 1. The van der Waals surface area contributed by atoms with Gasteiger partial charge in [0.15, 0.2) is 0 Å². The van der Waals surface area contributed by atoms with Gasteiger partial charge >= 0.3 is 0 Å². The normalized spacial score (nSPS) is 10.1. The molecule has 0 aliphatic rings. The Labute approximate surface area is 109 Å². The van der Waals surface area contributed by atoms with E-state index in [1.54, 1.807) is 31.2 Å².